The second kappa shape index (κ2) is 6.18. The second-order valence-electron chi connectivity index (χ2n) is 4.52. The summed E-state index contributed by atoms with van der Waals surface area (Å²) < 4.78 is 6.96. The van der Waals surface area contributed by atoms with Crippen LogP contribution in [0.3, 0.4) is 0 Å². The Bertz CT molecular complexity index is 607. The molecule has 2 aromatic rings. The average Bonchev–Trinajstić information content (AvgIpc) is 2.86. The van der Waals surface area contributed by atoms with E-state index in [0.717, 1.165) is 22.6 Å². The number of aryl methyl sites for hydroxylation is 2. The van der Waals surface area contributed by atoms with Crippen molar-refractivity contribution in [2.75, 3.05) is 7.11 Å². The molecule has 2 rings (SSSR count). The summed E-state index contributed by atoms with van der Waals surface area (Å²) in [7, 11) is 1.64. The summed E-state index contributed by atoms with van der Waals surface area (Å²) >= 11 is 0. The molecule has 6 heteroatoms. The fraction of sp³-hybridized carbons (Fsp3) is 0.357. The third kappa shape index (κ3) is 3.14. The minimum absolute atomic E-state index is 0.126. The largest absolute Gasteiger partial charge is 0.496 e. The molecule has 1 aromatic carbocycles. The van der Waals surface area contributed by atoms with Gasteiger partial charge in [0.05, 0.1) is 19.0 Å². The Hall–Kier alpha value is -2.37. The standard InChI is InChI=1S/C14H17N3O3/c1-10-8-11(5-6-13(10)20-2)12-9-15-16-17(12)7-3-4-14(18)19/h5-6,8-9H,3-4,7H2,1-2H3,(H,18,19). The second-order valence-corrected chi connectivity index (χ2v) is 4.52. The minimum atomic E-state index is -0.799. The van der Waals surface area contributed by atoms with Crippen LogP contribution in [0.25, 0.3) is 11.3 Å². The summed E-state index contributed by atoms with van der Waals surface area (Å²) in [6.45, 7) is 2.51. The molecule has 6 nitrogen and oxygen atoms in total. The Kier molecular flexibility index (Phi) is 4.34. The van der Waals surface area contributed by atoms with Crippen molar-refractivity contribution >= 4 is 5.97 Å². The van der Waals surface area contributed by atoms with Crippen LogP contribution in [0, 0.1) is 6.92 Å². The number of ether oxygens (including phenoxy) is 1. The van der Waals surface area contributed by atoms with Gasteiger partial charge in [-0.3, -0.25) is 4.79 Å². The van der Waals surface area contributed by atoms with E-state index in [4.69, 9.17) is 9.84 Å². The van der Waals surface area contributed by atoms with Gasteiger partial charge in [-0.05, 0) is 37.1 Å². The van der Waals surface area contributed by atoms with Gasteiger partial charge in [0.1, 0.15) is 5.75 Å². The predicted octanol–water partition coefficient (Wildman–Crippen LogP) is 2.13. The molecule has 0 fully saturated rings. The zero-order valence-corrected chi connectivity index (χ0v) is 11.5. The molecule has 0 radical (unpaired) electrons. The van der Waals surface area contributed by atoms with Gasteiger partial charge < -0.3 is 9.84 Å². The number of hydrogen-bond donors (Lipinski definition) is 1. The van der Waals surface area contributed by atoms with Gasteiger partial charge in [0.15, 0.2) is 0 Å². The van der Waals surface area contributed by atoms with Crippen molar-refractivity contribution in [3.63, 3.8) is 0 Å². The number of benzene rings is 1. The normalized spacial score (nSPS) is 10.5. The number of rotatable bonds is 6. The molecule has 0 aliphatic heterocycles. The SMILES string of the molecule is COc1ccc(-c2cnnn2CCCC(=O)O)cc1C. The van der Waals surface area contributed by atoms with Crippen LogP contribution in [0.4, 0.5) is 0 Å². The smallest absolute Gasteiger partial charge is 0.303 e. The maximum atomic E-state index is 10.5. The van der Waals surface area contributed by atoms with Crippen molar-refractivity contribution in [2.45, 2.75) is 26.3 Å². The van der Waals surface area contributed by atoms with Gasteiger partial charge in [-0.15, -0.1) is 5.10 Å². The number of carboxylic acid groups (broad SMARTS) is 1. The molecule has 0 amide bonds. The van der Waals surface area contributed by atoms with Crippen molar-refractivity contribution in [1.82, 2.24) is 15.0 Å². The number of aromatic nitrogens is 3. The Morgan fingerprint density at radius 1 is 1.45 bits per heavy atom. The lowest BCUT2D eigenvalue weighted by Gasteiger charge is -2.09. The lowest BCUT2D eigenvalue weighted by molar-refractivity contribution is -0.137. The number of nitrogens with zero attached hydrogens (tertiary/aromatic N) is 3. The minimum Gasteiger partial charge on any atom is -0.496 e. The summed E-state index contributed by atoms with van der Waals surface area (Å²) in [6, 6.07) is 5.85. The van der Waals surface area contributed by atoms with Gasteiger partial charge in [-0.2, -0.15) is 0 Å². The van der Waals surface area contributed by atoms with Crippen LogP contribution in [0.5, 0.6) is 5.75 Å². The number of hydrogen-bond acceptors (Lipinski definition) is 4. The highest BCUT2D eigenvalue weighted by Crippen LogP contribution is 2.25. The number of carbonyl (C=O) groups is 1. The average molecular weight is 275 g/mol. The van der Waals surface area contributed by atoms with Crippen molar-refractivity contribution in [3.8, 4) is 17.0 Å². The monoisotopic (exact) mass is 275 g/mol. The molecule has 106 valence electrons. The molecular weight excluding hydrogens is 258 g/mol. The Labute approximate surface area is 117 Å². The number of aliphatic carboxylic acids is 1. The van der Waals surface area contributed by atoms with E-state index in [1.165, 1.54) is 0 Å². The van der Waals surface area contributed by atoms with Crippen LogP contribution >= 0.6 is 0 Å². The first-order valence-electron chi connectivity index (χ1n) is 6.37. The Morgan fingerprint density at radius 2 is 2.25 bits per heavy atom. The molecule has 0 bridgehead atoms. The molecule has 0 aliphatic carbocycles. The first-order chi connectivity index (χ1) is 9.61. The molecular formula is C14H17N3O3. The van der Waals surface area contributed by atoms with Crippen LogP contribution in [0.15, 0.2) is 24.4 Å². The van der Waals surface area contributed by atoms with E-state index in [9.17, 15) is 4.79 Å². The predicted molar refractivity (Wildman–Crippen MR) is 73.6 cm³/mol. The van der Waals surface area contributed by atoms with Crippen LogP contribution < -0.4 is 4.74 Å². The van der Waals surface area contributed by atoms with Crippen LogP contribution in [-0.4, -0.2) is 33.2 Å². The van der Waals surface area contributed by atoms with Gasteiger partial charge in [0.2, 0.25) is 0 Å². The van der Waals surface area contributed by atoms with E-state index < -0.39 is 5.97 Å². The highest BCUT2D eigenvalue weighted by Gasteiger charge is 2.09. The molecule has 0 saturated carbocycles. The van der Waals surface area contributed by atoms with Crippen LogP contribution in [-0.2, 0) is 11.3 Å². The van der Waals surface area contributed by atoms with Crippen LogP contribution in [0.2, 0.25) is 0 Å². The van der Waals surface area contributed by atoms with Gasteiger partial charge in [0.25, 0.3) is 0 Å². The fourth-order valence-electron chi connectivity index (χ4n) is 2.06. The molecule has 0 unspecified atom stereocenters. The van der Waals surface area contributed by atoms with E-state index in [0.29, 0.717) is 13.0 Å². The van der Waals surface area contributed by atoms with Gasteiger partial charge >= 0.3 is 5.97 Å². The van der Waals surface area contributed by atoms with E-state index in [-0.39, 0.29) is 6.42 Å². The molecule has 0 aliphatic rings. The maximum Gasteiger partial charge on any atom is 0.303 e. The summed E-state index contributed by atoms with van der Waals surface area (Å²) in [5.41, 5.74) is 2.90. The maximum absolute atomic E-state index is 10.5. The van der Waals surface area contributed by atoms with E-state index in [1.807, 2.05) is 25.1 Å². The van der Waals surface area contributed by atoms with E-state index >= 15 is 0 Å². The van der Waals surface area contributed by atoms with Gasteiger partial charge in [0, 0.05) is 18.5 Å². The molecule has 1 heterocycles. The molecule has 20 heavy (non-hydrogen) atoms. The van der Waals surface area contributed by atoms with Crippen LogP contribution in [0.1, 0.15) is 18.4 Å². The molecule has 1 N–H and O–H groups in total. The first-order valence-corrected chi connectivity index (χ1v) is 6.37. The zero-order valence-electron chi connectivity index (χ0n) is 11.5. The summed E-state index contributed by atoms with van der Waals surface area (Å²) in [4.78, 5) is 10.5. The fourth-order valence-corrected chi connectivity index (χ4v) is 2.06. The lowest BCUT2D eigenvalue weighted by Crippen LogP contribution is -2.05. The van der Waals surface area contributed by atoms with Crippen molar-refractivity contribution < 1.29 is 14.6 Å². The number of carboxylic acids is 1. The summed E-state index contributed by atoms with van der Waals surface area (Å²) in [5, 5.41) is 16.6. The molecule has 0 atom stereocenters. The van der Waals surface area contributed by atoms with Gasteiger partial charge in [-0.1, -0.05) is 5.21 Å². The van der Waals surface area contributed by atoms with Crippen molar-refractivity contribution in [3.05, 3.63) is 30.0 Å². The molecule has 0 spiro atoms. The summed E-state index contributed by atoms with van der Waals surface area (Å²) in [6.07, 6.45) is 2.34. The molecule has 0 saturated heterocycles. The zero-order chi connectivity index (χ0) is 14.5. The summed E-state index contributed by atoms with van der Waals surface area (Å²) in [5.74, 6) is 0.0330. The third-order valence-electron chi connectivity index (χ3n) is 3.07. The van der Waals surface area contributed by atoms with E-state index in [2.05, 4.69) is 10.3 Å². The highest BCUT2D eigenvalue weighted by molar-refractivity contribution is 5.66. The Balaban J connectivity index is 2.19. The molecule has 1 aromatic heterocycles. The topological polar surface area (TPSA) is 77.2 Å². The van der Waals surface area contributed by atoms with Gasteiger partial charge in [-0.25, -0.2) is 4.68 Å². The van der Waals surface area contributed by atoms with E-state index in [1.54, 1.807) is 18.0 Å². The third-order valence-corrected chi connectivity index (χ3v) is 3.07. The lowest BCUT2D eigenvalue weighted by atomic mass is 10.1. The number of methoxy groups -OCH3 is 1. The van der Waals surface area contributed by atoms with Crippen molar-refractivity contribution in [1.29, 1.82) is 0 Å². The Morgan fingerprint density at radius 3 is 2.90 bits per heavy atom. The quantitative estimate of drug-likeness (QED) is 0.873. The highest BCUT2D eigenvalue weighted by atomic mass is 16.5. The first kappa shape index (κ1) is 14.0. The van der Waals surface area contributed by atoms with Crippen molar-refractivity contribution in [2.24, 2.45) is 0 Å².